The van der Waals surface area contributed by atoms with Crippen molar-refractivity contribution in [2.75, 3.05) is 12.4 Å². The van der Waals surface area contributed by atoms with Gasteiger partial charge in [-0.15, -0.1) is 0 Å². The molecular formula is C22H17Cl2FN2O2. The van der Waals surface area contributed by atoms with Crippen LogP contribution in [0.25, 0.3) is 0 Å². The lowest BCUT2D eigenvalue weighted by molar-refractivity contribution is 0.0963. The number of carbonyl (C=O) groups excluding carboxylic acids is 2. The molecular weight excluding hydrogens is 414 g/mol. The van der Waals surface area contributed by atoms with Crippen LogP contribution >= 0.6 is 23.2 Å². The van der Waals surface area contributed by atoms with Gasteiger partial charge in [0.2, 0.25) is 0 Å². The van der Waals surface area contributed by atoms with Gasteiger partial charge in [-0.1, -0.05) is 29.3 Å². The van der Waals surface area contributed by atoms with Gasteiger partial charge in [-0.25, -0.2) is 4.39 Å². The fourth-order valence-electron chi connectivity index (χ4n) is 2.82. The number of carbonyl (C=O) groups is 2. The van der Waals surface area contributed by atoms with Gasteiger partial charge in [-0.05, 0) is 61.0 Å². The van der Waals surface area contributed by atoms with Crippen molar-refractivity contribution in [3.63, 3.8) is 0 Å². The Morgan fingerprint density at radius 3 is 2.34 bits per heavy atom. The quantitative estimate of drug-likeness (QED) is 0.504. The van der Waals surface area contributed by atoms with Crippen molar-refractivity contribution in [2.24, 2.45) is 0 Å². The highest BCUT2D eigenvalue weighted by Crippen LogP contribution is 2.28. The molecule has 0 heterocycles. The van der Waals surface area contributed by atoms with E-state index in [0.29, 0.717) is 21.8 Å². The molecule has 0 aliphatic heterocycles. The Kier molecular flexibility index (Phi) is 6.20. The van der Waals surface area contributed by atoms with E-state index in [2.05, 4.69) is 10.6 Å². The Balaban J connectivity index is 1.90. The highest BCUT2D eigenvalue weighted by Gasteiger charge is 2.18. The fourth-order valence-corrected chi connectivity index (χ4v) is 3.25. The van der Waals surface area contributed by atoms with Crippen LogP contribution in [0.1, 0.15) is 31.8 Å². The van der Waals surface area contributed by atoms with E-state index in [4.69, 9.17) is 23.2 Å². The minimum absolute atomic E-state index is 0.208. The van der Waals surface area contributed by atoms with Gasteiger partial charge in [0.05, 0.1) is 10.7 Å². The minimum Gasteiger partial charge on any atom is -0.355 e. The van der Waals surface area contributed by atoms with E-state index >= 15 is 0 Å². The summed E-state index contributed by atoms with van der Waals surface area (Å²) in [5.74, 6) is -1.09. The number of rotatable bonds is 5. The van der Waals surface area contributed by atoms with Gasteiger partial charge in [0, 0.05) is 34.4 Å². The molecule has 29 heavy (non-hydrogen) atoms. The number of halogens is 3. The smallest absolute Gasteiger partial charge is 0.251 e. The first kappa shape index (κ1) is 20.8. The lowest BCUT2D eigenvalue weighted by Gasteiger charge is -2.12. The normalized spacial score (nSPS) is 10.5. The lowest BCUT2D eigenvalue weighted by Crippen LogP contribution is -2.18. The van der Waals surface area contributed by atoms with Gasteiger partial charge in [0.25, 0.3) is 5.91 Å². The maximum absolute atomic E-state index is 14.0. The van der Waals surface area contributed by atoms with Gasteiger partial charge in [-0.3, -0.25) is 9.59 Å². The van der Waals surface area contributed by atoms with Crippen LogP contribution in [-0.2, 0) is 0 Å². The largest absolute Gasteiger partial charge is 0.355 e. The molecule has 0 bridgehead atoms. The molecule has 0 aromatic heterocycles. The molecule has 0 atom stereocenters. The predicted octanol–water partition coefficient (Wildman–Crippen LogP) is 5.78. The van der Waals surface area contributed by atoms with E-state index in [-0.39, 0.29) is 28.0 Å². The Bertz CT molecular complexity index is 1120. The molecule has 1 amide bonds. The number of nitrogens with one attached hydrogen (secondary N) is 2. The Labute approximate surface area is 177 Å². The van der Waals surface area contributed by atoms with E-state index in [1.54, 1.807) is 49.4 Å². The molecule has 7 heteroatoms. The van der Waals surface area contributed by atoms with Crippen molar-refractivity contribution in [2.45, 2.75) is 6.92 Å². The first-order chi connectivity index (χ1) is 13.8. The maximum atomic E-state index is 14.0. The SMILES string of the molecule is CNC(=O)c1ccc(C)c(C(=O)c2ccc(Nc3ccc(Cl)cc3F)cc2Cl)c1. The molecule has 3 aromatic carbocycles. The summed E-state index contributed by atoms with van der Waals surface area (Å²) in [4.78, 5) is 24.9. The third-order valence-corrected chi connectivity index (χ3v) is 4.94. The third-order valence-electron chi connectivity index (χ3n) is 4.40. The van der Waals surface area contributed by atoms with Crippen molar-refractivity contribution < 1.29 is 14.0 Å². The Morgan fingerprint density at radius 2 is 1.69 bits per heavy atom. The molecule has 148 valence electrons. The monoisotopic (exact) mass is 430 g/mol. The lowest BCUT2D eigenvalue weighted by atomic mass is 9.96. The summed E-state index contributed by atoms with van der Waals surface area (Å²) in [5.41, 5.74) is 2.53. The molecule has 0 fully saturated rings. The van der Waals surface area contributed by atoms with Gasteiger partial charge < -0.3 is 10.6 Å². The van der Waals surface area contributed by atoms with Crippen LogP contribution in [0.4, 0.5) is 15.8 Å². The third kappa shape index (κ3) is 4.58. The highest BCUT2D eigenvalue weighted by atomic mass is 35.5. The van der Waals surface area contributed by atoms with E-state index in [0.717, 1.165) is 5.56 Å². The molecule has 3 rings (SSSR count). The summed E-state index contributed by atoms with van der Waals surface area (Å²) in [6.45, 7) is 1.79. The molecule has 0 aliphatic rings. The summed E-state index contributed by atoms with van der Waals surface area (Å²) in [7, 11) is 1.52. The molecule has 0 saturated carbocycles. The van der Waals surface area contributed by atoms with E-state index < -0.39 is 5.82 Å². The number of hydrogen-bond donors (Lipinski definition) is 2. The van der Waals surface area contributed by atoms with Crippen LogP contribution in [0.15, 0.2) is 54.6 Å². The summed E-state index contributed by atoms with van der Waals surface area (Å²) in [6.07, 6.45) is 0. The molecule has 0 saturated heterocycles. The van der Waals surface area contributed by atoms with Crippen LogP contribution in [0.3, 0.4) is 0 Å². The summed E-state index contributed by atoms with van der Waals surface area (Å²) in [5, 5.41) is 5.94. The zero-order chi connectivity index (χ0) is 21.1. The molecule has 2 N–H and O–H groups in total. The van der Waals surface area contributed by atoms with Crippen molar-refractivity contribution in [3.05, 3.63) is 92.7 Å². The molecule has 3 aromatic rings. The van der Waals surface area contributed by atoms with Crippen LogP contribution in [0.2, 0.25) is 10.0 Å². The van der Waals surface area contributed by atoms with Gasteiger partial charge in [-0.2, -0.15) is 0 Å². The summed E-state index contributed by atoms with van der Waals surface area (Å²) >= 11 is 12.1. The number of anilines is 2. The van der Waals surface area contributed by atoms with E-state index in [9.17, 15) is 14.0 Å². The second kappa shape index (κ2) is 8.64. The van der Waals surface area contributed by atoms with Crippen LogP contribution < -0.4 is 10.6 Å². The second-order valence-electron chi connectivity index (χ2n) is 6.38. The first-order valence-electron chi connectivity index (χ1n) is 8.69. The Hall–Kier alpha value is -2.89. The standard InChI is InChI=1S/C22H17Cl2FN2O2/c1-12-3-4-13(22(29)26-2)9-17(12)21(28)16-7-6-15(11-18(16)24)27-20-8-5-14(23)10-19(20)25/h3-11,27H,1-2H3,(H,26,29). The number of amides is 1. The molecule has 0 spiro atoms. The topological polar surface area (TPSA) is 58.2 Å². The summed E-state index contributed by atoms with van der Waals surface area (Å²) in [6, 6.07) is 13.9. The molecule has 0 aliphatic carbocycles. The van der Waals surface area contributed by atoms with Crippen LogP contribution in [-0.4, -0.2) is 18.7 Å². The Morgan fingerprint density at radius 1 is 0.931 bits per heavy atom. The van der Waals surface area contributed by atoms with Gasteiger partial charge in [0.1, 0.15) is 5.82 Å². The van der Waals surface area contributed by atoms with Crippen molar-refractivity contribution in [1.82, 2.24) is 5.32 Å². The predicted molar refractivity (Wildman–Crippen MR) is 114 cm³/mol. The zero-order valence-corrected chi connectivity index (χ0v) is 17.2. The van der Waals surface area contributed by atoms with Crippen LogP contribution in [0, 0.1) is 12.7 Å². The number of benzene rings is 3. The molecule has 0 unspecified atom stereocenters. The number of ketones is 1. The number of hydrogen-bond acceptors (Lipinski definition) is 3. The molecule has 0 radical (unpaired) electrons. The van der Waals surface area contributed by atoms with E-state index in [1.165, 1.54) is 19.2 Å². The summed E-state index contributed by atoms with van der Waals surface area (Å²) < 4.78 is 14.0. The van der Waals surface area contributed by atoms with Crippen molar-refractivity contribution in [3.8, 4) is 0 Å². The zero-order valence-electron chi connectivity index (χ0n) is 15.6. The van der Waals surface area contributed by atoms with Crippen LogP contribution in [0.5, 0.6) is 0 Å². The average molecular weight is 431 g/mol. The van der Waals surface area contributed by atoms with Crippen molar-refractivity contribution >= 4 is 46.3 Å². The maximum Gasteiger partial charge on any atom is 0.251 e. The minimum atomic E-state index is -0.504. The first-order valence-corrected chi connectivity index (χ1v) is 9.45. The average Bonchev–Trinajstić information content (AvgIpc) is 2.69. The number of aryl methyl sites for hydroxylation is 1. The molecule has 4 nitrogen and oxygen atoms in total. The highest BCUT2D eigenvalue weighted by molar-refractivity contribution is 6.35. The van der Waals surface area contributed by atoms with Crippen molar-refractivity contribution in [1.29, 1.82) is 0 Å². The van der Waals surface area contributed by atoms with Gasteiger partial charge in [0.15, 0.2) is 5.78 Å². The second-order valence-corrected chi connectivity index (χ2v) is 7.23. The fraction of sp³-hybridized carbons (Fsp3) is 0.0909. The van der Waals surface area contributed by atoms with Gasteiger partial charge >= 0.3 is 0 Å². The van der Waals surface area contributed by atoms with E-state index in [1.807, 2.05) is 0 Å².